The van der Waals surface area contributed by atoms with Crippen molar-refractivity contribution in [3.8, 4) is 5.75 Å². The molecule has 1 aliphatic heterocycles. The van der Waals surface area contributed by atoms with Crippen LogP contribution in [-0.4, -0.2) is 24.2 Å². The van der Waals surface area contributed by atoms with Gasteiger partial charge < -0.3 is 14.8 Å². The second-order valence-corrected chi connectivity index (χ2v) is 6.18. The predicted octanol–water partition coefficient (Wildman–Crippen LogP) is 3.24. The normalized spacial score (nSPS) is 15.9. The van der Waals surface area contributed by atoms with Crippen molar-refractivity contribution >= 4 is 29.3 Å². The molecule has 124 valence electrons. The van der Waals surface area contributed by atoms with E-state index in [2.05, 4.69) is 5.32 Å². The standard InChI is InChI=1S/C18H17NO4S/c1-24-13-8-6-12(7-9-13)11-22-17(20)10-16-18(21)19-14-4-2-3-5-15(14)23-16/h2-9,16H,10-11H2,1H3,(H,19,21). The number of hydrogen-bond acceptors (Lipinski definition) is 5. The molecule has 1 unspecified atom stereocenters. The van der Waals surface area contributed by atoms with E-state index in [0.29, 0.717) is 11.4 Å². The van der Waals surface area contributed by atoms with E-state index in [9.17, 15) is 9.59 Å². The lowest BCUT2D eigenvalue weighted by Crippen LogP contribution is -2.38. The number of carbonyl (C=O) groups excluding carboxylic acids is 2. The third-order valence-electron chi connectivity index (χ3n) is 3.62. The van der Waals surface area contributed by atoms with Crippen molar-refractivity contribution < 1.29 is 19.1 Å². The van der Waals surface area contributed by atoms with Crippen molar-refractivity contribution in [2.75, 3.05) is 11.6 Å². The van der Waals surface area contributed by atoms with Crippen molar-refractivity contribution in [3.63, 3.8) is 0 Å². The second-order valence-electron chi connectivity index (χ2n) is 5.30. The minimum Gasteiger partial charge on any atom is -0.478 e. The van der Waals surface area contributed by atoms with Crippen LogP contribution in [0.4, 0.5) is 5.69 Å². The average molecular weight is 343 g/mol. The van der Waals surface area contributed by atoms with Gasteiger partial charge in [0.15, 0.2) is 6.10 Å². The number of ether oxygens (including phenoxy) is 2. The SMILES string of the molecule is CSc1ccc(COC(=O)CC2Oc3ccccc3NC2=O)cc1. The summed E-state index contributed by atoms with van der Waals surface area (Å²) in [5, 5.41) is 2.73. The molecule has 5 nitrogen and oxygen atoms in total. The first-order valence-electron chi connectivity index (χ1n) is 7.51. The Morgan fingerprint density at radius 2 is 1.96 bits per heavy atom. The van der Waals surface area contributed by atoms with E-state index in [1.807, 2.05) is 36.6 Å². The summed E-state index contributed by atoms with van der Waals surface area (Å²) in [6.07, 6.45) is 1.01. The maximum Gasteiger partial charge on any atom is 0.310 e. The summed E-state index contributed by atoms with van der Waals surface area (Å²) in [5.74, 6) is -0.249. The smallest absolute Gasteiger partial charge is 0.310 e. The highest BCUT2D eigenvalue weighted by Gasteiger charge is 2.30. The fourth-order valence-corrected chi connectivity index (χ4v) is 2.73. The number of para-hydroxylation sites is 2. The molecule has 1 atom stereocenters. The second kappa shape index (κ2) is 7.40. The average Bonchev–Trinajstić information content (AvgIpc) is 2.61. The Kier molecular flexibility index (Phi) is 5.05. The summed E-state index contributed by atoms with van der Waals surface area (Å²) in [4.78, 5) is 25.1. The molecular weight excluding hydrogens is 326 g/mol. The maximum atomic E-state index is 12.0. The Labute approximate surface area is 144 Å². The van der Waals surface area contributed by atoms with Crippen molar-refractivity contribution in [1.29, 1.82) is 0 Å². The molecule has 0 saturated carbocycles. The van der Waals surface area contributed by atoms with Gasteiger partial charge in [0, 0.05) is 4.90 Å². The highest BCUT2D eigenvalue weighted by molar-refractivity contribution is 7.98. The van der Waals surface area contributed by atoms with Crippen LogP contribution in [0.25, 0.3) is 0 Å². The monoisotopic (exact) mass is 343 g/mol. The molecule has 0 fully saturated rings. The number of amides is 1. The summed E-state index contributed by atoms with van der Waals surface area (Å²) in [6.45, 7) is 0.179. The van der Waals surface area contributed by atoms with Gasteiger partial charge in [-0.1, -0.05) is 24.3 Å². The van der Waals surface area contributed by atoms with Crippen LogP contribution >= 0.6 is 11.8 Å². The zero-order chi connectivity index (χ0) is 16.9. The molecule has 3 rings (SSSR count). The molecule has 0 spiro atoms. The first-order chi connectivity index (χ1) is 11.7. The quantitative estimate of drug-likeness (QED) is 0.667. The number of fused-ring (bicyclic) bond motifs is 1. The number of benzene rings is 2. The van der Waals surface area contributed by atoms with Gasteiger partial charge in [-0.25, -0.2) is 0 Å². The highest BCUT2D eigenvalue weighted by atomic mass is 32.2. The number of carbonyl (C=O) groups is 2. The topological polar surface area (TPSA) is 64.6 Å². The molecule has 1 N–H and O–H groups in total. The molecule has 0 bridgehead atoms. The van der Waals surface area contributed by atoms with E-state index in [1.54, 1.807) is 30.0 Å². The van der Waals surface area contributed by atoms with Gasteiger partial charge in [0.2, 0.25) is 0 Å². The lowest BCUT2D eigenvalue weighted by molar-refractivity contribution is -0.149. The van der Waals surface area contributed by atoms with Crippen molar-refractivity contribution in [2.24, 2.45) is 0 Å². The molecule has 2 aromatic carbocycles. The summed E-state index contributed by atoms with van der Waals surface area (Å²) in [5.41, 5.74) is 1.52. The number of esters is 1. The van der Waals surface area contributed by atoms with Crippen molar-refractivity contribution in [1.82, 2.24) is 0 Å². The van der Waals surface area contributed by atoms with Gasteiger partial charge in [-0.3, -0.25) is 9.59 Å². The molecule has 0 saturated heterocycles. The molecule has 1 amide bonds. The van der Waals surface area contributed by atoms with Gasteiger partial charge >= 0.3 is 5.97 Å². The third kappa shape index (κ3) is 3.89. The third-order valence-corrected chi connectivity index (χ3v) is 4.36. The van der Waals surface area contributed by atoms with Gasteiger partial charge in [-0.05, 0) is 36.1 Å². The summed E-state index contributed by atoms with van der Waals surface area (Å²) in [7, 11) is 0. The summed E-state index contributed by atoms with van der Waals surface area (Å²) in [6, 6.07) is 14.9. The minimum atomic E-state index is -0.869. The van der Waals surface area contributed by atoms with E-state index < -0.39 is 12.1 Å². The Morgan fingerprint density at radius 3 is 2.71 bits per heavy atom. The van der Waals surface area contributed by atoms with E-state index in [0.717, 1.165) is 10.5 Å². The Balaban J connectivity index is 1.54. The zero-order valence-electron chi connectivity index (χ0n) is 13.2. The molecule has 0 aromatic heterocycles. The van der Waals surface area contributed by atoms with Crippen LogP contribution in [-0.2, 0) is 20.9 Å². The molecular formula is C18H17NO4S. The summed E-state index contributed by atoms with van der Waals surface area (Å²) >= 11 is 1.65. The predicted molar refractivity (Wildman–Crippen MR) is 92.1 cm³/mol. The number of thioether (sulfide) groups is 1. The van der Waals surface area contributed by atoms with E-state index in [1.165, 1.54) is 0 Å². The number of nitrogens with one attached hydrogen (secondary N) is 1. The van der Waals surface area contributed by atoms with Gasteiger partial charge in [-0.2, -0.15) is 0 Å². The van der Waals surface area contributed by atoms with Crippen LogP contribution in [0, 0.1) is 0 Å². The summed E-state index contributed by atoms with van der Waals surface area (Å²) < 4.78 is 10.8. The van der Waals surface area contributed by atoms with E-state index in [-0.39, 0.29) is 18.9 Å². The number of anilines is 1. The Bertz CT molecular complexity index is 745. The first kappa shape index (κ1) is 16.4. The Morgan fingerprint density at radius 1 is 1.21 bits per heavy atom. The van der Waals surface area contributed by atoms with Crippen molar-refractivity contribution in [3.05, 3.63) is 54.1 Å². The molecule has 0 aliphatic carbocycles. The van der Waals surface area contributed by atoms with Crippen molar-refractivity contribution in [2.45, 2.75) is 24.0 Å². The zero-order valence-corrected chi connectivity index (χ0v) is 14.0. The van der Waals surface area contributed by atoms with Gasteiger partial charge in [-0.15, -0.1) is 11.8 Å². The number of hydrogen-bond donors (Lipinski definition) is 1. The lowest BCUT2D eigenvalue weighted by atomic mass is 10.1. The minimum absolute atomic E-state index is 0.122. The fraction of sp³-hybridized carbons (Fsp3) is 0.222. The molecule has 1 heterocycles. The molecule has 6 heteroatoms. The highest BCUT2D eigenvalue weighted by Crippen LogP contribution is 2.29. The number of rotatable bonds is 5. The molecule has 1 aliphatic rings. The van der Waals surface area contributed by atoms with Crippen LogP contribution in [0.1, 0.15) is 12.0 Å². The largest absolute Gasteiger partial charge is 0.478 e. The van der Waals surface area contributed by atoms with Crippen LogP contribution in [0.5, 0.6) is 5.75 Å². The molecule has 0 radical (unpaired) electrons. The van der Waals surface area contributed by atoms with E-state index in [4.69, 9.17) is 9.47 Å². The van der Waals surface area contributed by atoms with Crippen LogP contribution in [0.3, 0.4) is 0 Å². The molecule has 2 aromatic rings. The van der Waals surface area contributed by atoms with Gasteiger partial charge in [0.1, 0.15) is 12.4 Å². The van der Waals surface area contributed by atoms with E-state index >= 15 is 0 Å². The van der Waals surface area contributed by atoms with Crippen LogP contribution < -0.4 is 10.1 Å². The van der Waals surface area contributed by atoms with Crippen LogP contribution in [0.15, 0.2) is 53.4 Å². The van der Waals surface area contributed by atoms with Gasteiger partial charge in [0.25, 0.3) is 5.91 Å². The molecule has 24 heavy (non-hydrogen) atoms. The van der Waals surface area contributed by atoms with Gasteiger partial charge in [0.05, 0.1) is 12.1 Å². The van der Waals surface area contributed by atoms with Crippen LogP contribution in [0.2, 0.25) is 0 Å². The Hall–Kier alpha value is -2.47. The fourth-order valence-electron chi connectivity index (χ4n) is 2.32. The lowest BCUT2D eigenvalue weighted by Gasteiger charge is -2.25. The maximum absolute atomic E-state index is 12.0. The first-order valence-corrected chi connectivity index (χ1v) is 8.73.